The van der Waals surface area contributed by atoms with Crippen molar-refractivity contribution < 1.29 is 28.6 Å². The number of aliphatic hydroxyl groups is 1. The monoisotopic (exact) mass is 434 g/mol. The number of rotatable bonds is 18. The van der Waals surface area contributed by atoms with Gasteiger partial charge in [-0.25, -0.2) is 0 Å². The minimum atomic E-state index is -3.57. The van der Waals surface area contributed by atoms with Crippen molar-refractivity contribution in [3.8, 4) is 0 Å². The zero-order valence-corrected chi connectivity index (χ0v) is 19.3. The van der Waals surface area contributed by atoms with E-state index in [4.69, 9.17) is 9.26 Å². The summed E-state index contributed by atoms with van der Waals surface area (Å²) in [4.78, 5) is 20.7. The summed E-state index contributed by atoms with van der Waals surface area (Å²) in [6.45, 7) is 2.34. The van der Waals surface area contributed by atoms with Gasteiger partial charge in [0.1, 0.15) is 11.9 Å². The third kappa shape index (κ3) is 14.4. The summed E-state index contributed by atoms with van der Waals surface area (Å²) in [5.41, 5.74) is 0. The van der Waals surface area contributed by atoms with Crippen LogP contribution >= 0.6 is 7.60 Å². The summed E-state index contributed by atoms with van der Waals surface area (Å²) in [5, 5.41) is 9.75. The summed E-state index contributed by atoms with van der Waals surface area (Å²) >= 11 is 0. The molecule has 0 aromatic heterocycles. The summed E-state index contributed by atoms with van der Waals surface area (Å²) in [5.74, 6) is 0.397. The van der Waals surface area contributed by atoms with E-state index in [1.807, 2.05) is 6.92 Å². The normalized spacial score (nSPS) is 24.7. The van der Waals surface area contributed by atoms with E-state index >= 15 is 0 Å². The fourth-order valence-electron chi connectivity index (χ4n) is 3.65. The van der Waals surface area contributed by atoms with Crippen molar-refractivity contribution in [2.24, 2.45) is 0 Å². The van der Waals surface area contributed by atoms with E-state index < -0.39 is 19.8 Å². The topological polar surface area (TPSA) is 93.1 Å². The Balaban J connectivity index is 1.79. The van der Waals surface area contributed by atoms with Crippen molar-refractivity contribution in [2.75, 3.05) is 19.4 Å². The largest absolute Gasteiger partial charge is 0.388 e. The number of unbranched alkanes of at least 4 members (excludes halogenated alkanes) is 12. The SMILES string of the molecule is CCC(=O)CCCCCCCCCCCCCCCO[C@H]1CP(=O)(O)OC[C@H]1O. The molecule has 29 heavy (non-hydrogen) atoms. The molecule has 0 aliphatic carbocycles. The van der Waals surface area contributed by atoms with Gasteiger partial charge in [-0.1, -0.05) is 77.6 Å². The fourth-order valence-corrected chi connectivity index (χ4v) is 4.94. The van der Waals surface area contributed by atoms with E-state index in [-0.39, 0.29) is 12.8 Å². The third-order valence-corrected chi connectivity index (χ3v) is 6.99. The zero-order chi connectivity index (χ0) is 21.4. The molecule has 0 bridgehead atoms. The lowest BCUT2D eigenvalue weighted by Crippen LogP contribution is -2.40. The molecule has 7 heteroatoms. The molecule has 6 nitrogen and oxygen atoms in total. The average Bonchev–Trinajstić information content (AvgIpc) is 2.69. The second-order valence-corrected chi connectivity index (χ2v) is 10.2. The average molecular weight is 435 g/mol. The number of hydrogen-bond donors (Lipinski definition) is 2. The van der Waals surface area contributed by atoms with E-state index in [1.165, 1.54) is 64.2 Å². The van der Waals surface area contributed by atoms with Gasteiger partial charge in [0.15, 0.2) is 0 Å². The second-order valence-electron chi connectivity index (χ2n) is 8.33. The summed E-state index contributed by atoms with van der Waals surface area (Å²) in [7, 11) is -3.57. The first-order valence-corrected chi connectivity index (χ1v) is 13.5. The Kier molecular flexibility index (Phi) is 15.2. The first-order chi connectivity index (χ1) is 13.9. The highest BCUT2D eigenvalue weighted by Gasteiger charge is 2.36. The van der Waals surface area contributed by atoms with Crippen LogP contribution in [0.1, 0.15) is 103 Å². The van der Waals surface area contributed by atoms with Gasteiger partial charge in [0.05, 0.1) is 18.9 Å². The van der Waals surface area contributed by atoms with E-state index in [9.17, 15) is 19.4 Å². The molecular formula is C22H43O6P. The van der Waals surface area contributed by atoms with Crippen LogP contribution < -0.4 is 0 Å². The second kappa shape index (κ2) is 16.4. The molecule has 1 aliphatic rings. The zero-order valence-electron chi connectivity index (χ0n) is 18.4. The predicted molar refractivity (Wildman–Crippen MR) is 116 cm³/mol. The molecule has 0 aromatic rings. The van der Waals surface area contributed by atoms with Crippen LogP contribution in [0.4, 0.5) is 0 Å². The number of Topliss-reactive ketones (excluding diaryl/α,β-unsaturated/α-hetero) is 1. The van der Waals surface area contributed by atoms with Crippen molar-refractivity contribution in [3.63, 3.8) is 0 Å². The molecule has 0 amide bonds. The highest BCUT2D eigenvalue weighted by molar-refractivity contribution is 7.52. The molecular weight excluding hydrogens is 391 g/mol. The minimum Gasteiger partial charge on any atom is -0.388 e. The molecule has 3 atom stereocenters. The fraction of sp³-hybridized carbons (Fsp3) is 0.955. The van der Waals surface area contributed by atoms with Crippen molar-refractivity contribution >= 4 is 13.4 Å². The first kappa shape index (κ1) is 26.8. The highest BCUT2D eigenvalue weighted by atomic mass is 31.2. The first-order valence-electron chi connectivity index (χ1n) is 11.7. The Morgan fingerprint density at radius 2 is 1.41 bits per heavy atom. The van der Waals surface area contributed by atoms with Crippen molar-refractivity contribution in [2.45, 2.75) is 115 Å². The summed E-state index contributed by atoms with van der Waals surface area (Å²) in [6.07, 6.45) is 15.8. The van der Waals surface area contributed by atoms with E-state index in [2.05, 4.69) is 0 Å². The van der Waals surface area contributed by atoms with Gasteiger partial charge in [-0.15, -0.1) is 0 Å². The Hall–Kier alpha value is -0.260. The number of ketones is 1. The van der Waals surface area contributed by atoms with Crippen LogP contribution in [0.15, 0.2) is 0 Å². The van der Waals surface area contributed by atoms with Crippen LogP contribution in [0.5, 0.6) is 0 Å². The maximum absolute atomic E-state index is 11.5. The van der Waals surface area contributed by atoms with Gasteiger partial charge in [0.2, 0.25) is 0 Å². The number of hydrogen-bond acceptors (Lipinski definition) is 5. The quantitative estimate of drug-likeness (QED) is 0.222. The van der Waals surface area contributed by atoms with Gasteiger partial charge < -0.3 is 19.3 Å². The Bertz CT molecular complexity index is 470. The van der Waals surface area contributed by atoms with Gasteiger partial charge >= 0.3 is 7.60 Å². The lowest BCUT2D eigenvalue weighted by molar-refractivity contribution is -0.118. The van der Waals surface area contributed by atoms with Crippen LogP contribution in [0.25, 0.3) is 0 Å². The predicted octanol–water partition coefficient (Wildman–Crippen LogP) is 5.39. The summed E-state index contributed by atoms with van der Waals surface area (Å²) in [6, 6.07) is 0. The maximum Gasteiger partial charge on any atom is 0.330 e. The van der Waals surface area contributed by atoms with Gasteiger partial charge in [0, 0.05) is 19.4 Å². The molecule has 1 heterocycles. The standard InChI is InChI=1S/C22H43O6P/c1-2-20(23)16-14-12-10-8-6-4-3-5-7-9-11-13-15-17-27-22-19-29(25,26)28-18-21(22)24/h21-22,24H,2-19H2,1H3,(H,25,26)/t21-,22+/m1/s1. The van der Waals surface area contributed by atoms with Gasteiger partial charge in [0.25, 0.3) is 0 Å². The van der Waals surface area contributed by atoms with Gasteiger partial charge in [-0.3, -0.25) is 9.36 Å². The molecule has 1 unspecified atom stereocenters. The number of carbonyl (C=O) groups excluding carboxylic acids is 1. The van der Waals surface area contributed by atoms with Crippen LogP contribution in [-0.4, -0.2) is 47.4 Å². The van der Waals surface area contributed by atoms with Crippen molar-refractivity contribution in [1.29, 1.82) is 0 Å². The van der Waals surface area contributed by atoms with Gasteiger partial charge in [-0.05, 0) is 12.8 Å². The van der Waals surface area contributed by atoms with E-state index in [1.54, 1.807) is 0 Å². The Morgan fingerprint density at radius 3 is 1.93 bits per heavy atom. The molecule has 1 aliphatic heterocycles. The highest BCUT2D eigenvalue weighted by Crippen LogP contribution is 2.46. The number of carbonyl (C=O) groups is 1. The van der Waals surface area contributed by atoms with E-state index in [0.29, 0.717) is 18.8 Å². The molecule has 0 radical (unpaired) electrons. The maximum atomic E-state index is 11.5. The molecule has 1 rings (SSSR count). The molecule has 0 spiro atoms. The van der Waals surface area contributed by atoms with Gasteiger partial charge in [-0.2, -0.15) is 0 Å². The lowest BCUT2D eigenvalue weighted by atomic mass is 10.0. The number of ether oxygens (including phenoxy) is 1. The number of aliphatic hydroxyl groups excluding tert-OH is 1. The van der Waals surface area contributed by atoms with Crippen molar-refractivity contribution in [1.82, 2.24) is 0 Å². The molecule has 1 saturated heterocycles. The van der Waals surface area contributed by atoms with Crippen LogP contribution in [0.3, 0.4) is 0 Å². The molecule has 1 fully saturated rings. The minimum absolute atomic E-state index is 0.118. The van der Waals surface area contributed by atoms with Crippen LogP contribution in [0.2, 0.25) is 0 Å². The van der Waals surface area contributed by atoms with Crippen LogP contribution in [-0.2, 0) is 18.6 Å². The van der Waals surface area contributed by atoms with Crippen molar-refractivity contribution in [3.05, 3.63) is 0 Å². The molecule has 2 N–H and O–H groups in total. The van der Waals surface area contributed by atoms with E-state index in [0.717, 1.165) is 25.7 Å². The molecule has 0 saturated carbocycles. The Morgan fingerprint density at radius 1 is 0.931 bits per heavy atom. The smallest absolute Gasteiger partial charge is 0.330 e. The Labute approximate surface area is 177 Å². The summed E-state index contributed by atoms with van der Waals surface area (Å²) < 4.78 is 21.8. The lowest BCUT2D eigenvalue weighted by Gasteiger charge is -2.30. The molecule has 0 aromatic carbocycles. The molecule has 172 valence electrons. The third-order valence-electron chi connectivity index (χ3n) is 5.61. The van der Waals surface area contributed by atoms with Crippen LogP contribution in [0, 0.1) is 0 Å².